The highest BCUT2D eigenvalue weighted by molar-refractivity contribution is 6.02. The summed E-state index contributed by atoms with van der Waals surface area (Å²) < 4.78 is 4.91. The van der Waals surface area contributed by atoms with E-state index in [9.17, 15) is 4.79 Å². The molecule has 0 bridgehead atoms. The summed E-state index contributed by atoms with van der Waals surface area (Å²) in [6.45, 7) is 7.14. The number of benzene rings is 1. The number of carbonyl (C=O) groups is 1. The second-order valence-corrected chi connectivity index (χ2v) is 6.05. The van der Waals surface area contributed by atoms with Crippen molar-refractivity contribution in [2.75, 3.05) is 38.5 Å². The molecule has 6 heteroatoms. The molecule has 0 saturated carbocycles. The van der Waals surface area contributed by atoms with Crippen LogP contribution in [0, 0.1) is 6.92 Å². The number of hydrogen-bond donors (Lipinski definition) is 1. The molecule has 1 aromatic carbocycles. The first-order valence-electron chi connectivity index (χ1n) is 7.85. The molecule has 2 heterocycles. The minimum absolute atomic E-state index is 0.256. The largest absolute Gasteiger partial charge is 0.361 e. The number of rotatable bonds is 4. The van der Waals surface area contributed by atoms with Crippen molar-refractivity contribution < 1.29 is 9.32 Å². The minimum atomic E-state index is -0.256. The summed E-state index contributed by atoms with van der Waals surface area (Å²) in [5, 5.41) is 6.54. The van der Waals surface area contributed by atoms with Crippen LogP contribution in [0.5, 0.6) is 0 Å². The van der Waals surface area contributed by atoms with Gasteiger partial charge in [0.25, 0.3) is 5.91 Å². The van der Waals surface area contributed by atoms with Crippen molar-refractivity contribution in [2.24, 2.45) is 0 Å². The van der Waals surface area contributed by atoms with Gasteiger partial charge in [-0.2, -0.15) is 0 Å². The van der Waals surface area contributed by atoms with Crippen LogP contribution in [0.4, 0.5) is 5.69 Å². The molecule has 1 amide bonds. The van der Waals surface area contributed by atoms with E-state index in [0.717, 1.165) is 38.4 Å². The lowest BCUT2D eigenvalue weighted by Gasteiger charge is -2.32. The van der Waals surface area contributed by atoms with E-state index in [-0.39, 0.29) is 5.91 Å². The predicted octanol–water partition coefficient (Wildman–Crippen LogP) is 1.98. The molecular weight excluding hydrogens is 292 g/mol. The lowest BCUT2D eigenvalue weighted by molar-refractivity contribution is 0.101. The van der Waals surface area contributed by atoms with E-state index in [1.54, 1.807) is 13.0 Å². The number of piperazine rings is 1. The van der Waals surface area contributed by atoms with Crippen LogP contribution in [0.2, 0.25) is 0 Å². The molecule has 1 saturated heterocycles. The van der Waals surface area contributed by atoms with Crippen LogP contribution in [0.3, 0.4) is 0 Å². The topological polar surface area (TPSA) is 61.6 Å². The molecule has 1 aliphatic heterocycles. The number of nitrogens with one attached hydrogen (secondary N) is 1. The number of hydrogen-bond acceptors (Lipinski definition) is 5. The van der Waals surface area contributed by atoms with Crippen molar-refractivity contribution in [1.82, 2.24) is 15.0 Å². The van der Waals surface area contributed by atoms with Crippen LogP contribution in [0.25, 0.3) is 0 Å². The molecule has 1 aromatic heterocycles. The van der Waals surface area contributed by atoms with Crippen LogP contribution < -0.4 is 5.32 Å². The normalized spacial score (nSPS) is 16.4. The number of nitrogens with zero attached hydrogens (tertiary/aromatic N) is 3. The maximum Gasteiger partial charge on any atom is 0.277 e. The number of anilines is 1. The third-order valence-corrected chi connectivity index (χ3v) is 4.07. The highest BCUT2D eigenvalue weighted by atomic mass is 16.5. The zero-order valence-electron chi connectivity index (χ0n) is 13.6. The molecule has 1 aliphatic rings. The monoisotopic (exact) mass is 314 g/mol. The second kappa shape index (κ2) is 6.93. The van der Waals surface area contributed by atoms with E-state index >= 15 is 0 Å². The Bertz CT molecular complexity index is 657. The van der Waals surface area contributed by atoms with Crippen molar-refractivity contribution in [2.45, 2.75) is 13.5 Å². The summed E-state index contributed by atoms with van der Waals surface area (Å²) in [4.78, 5) is 16.8. The van der Waals surface area contributed by atoms with Crippen molar-refractivity contribution >= 4 is 11.6 Å². The molecule has 1 N–H and O–H groups in total. The van der Waals surface area contributed by atoms with Crippen molar-refractivity contribution in [3.63, 3.8) is 0 Å². The number of aromatic nitrogens is 1. The van der Waals surface area contributed by atoms with Crippen molar-refractivity contribution in [3.8, 4) is 0 Å². The van der Waals surface area contributed by atoms with E-state index in [1.165, 1.54) is 5.56 Å². The Kier molecular flexibility index (Phi) is 4.73. The summed E-state index contributed by atoms with van der Waals surface area (Å²) in [6, 6.07) is 9.59. The Morgan fingerprint density at radius 1 is 1.22 bits per heavy atom. The lowest BCUT2D eigenvalue weighted by atomic mass is 10.1. The molecule has 23 heavy (non-hydrogen) atoms. The Labute approximate surface area is 136 Å². The maximum absolute atomic E-state index is 12.0. The van der Waals surface area contributed by atoms with E-state index < -0.39 is 0 Å². The Morgan fingerprint density at radius 2 is 1.91 bits per heavy atom. The highest BCUT2D eigenvalue weighted by Crippen LogP contribution is 2.14. The highest BCUT2D eigenvalue weighted by Gasteiger charge is 2.14. The van der Waals surface area contributed by atoms with Gasteiger partial charge in [-0.3, -0.25) is 9.69 Å². The van der Waals surface area contributed by atoms with Gasteiger partial charge in [-0.25, -0.2) is 0 Å². The third kappa shape index (κ3) is 4.18. The van der Waals surface area contributed by atoms with Crippen LogP contribution in [0.1, 0.15) is 21.8 Å². The molecule has 0 radical (unpaired) electrons. The van der Waals surface area contributed by atoms with Crippen molar-refractivity contribution in [3.05, 3.63) is 47.3 Å². The smallest absolute Gasteiger partial charge is 0.277 e. The summed E-state index contributed by atoms with van der Waals surface area (Å²) in [5.41, 5.74) is 2.31. The molecule has 6 nitrogen and oxygen atoms in total. The molecule has 0 unspecified atom stereocenters. The summed E-state index contributed by atoms with van der Waals surface area (Å²) >= 11 is 0. The van der Waals surface area contributed by atoms with E-state index in [1.807, 2.05) is 12.1 Å². The number of carbonyl (C=O) groups excluding carboxylic acids is 1. The Balaban J connectivity index is 1.55. The van der Waals surface area contributed by atoms with Gasteiger partial charge in [-0.05, 0) is 31.7 Å². The maximum atomic E-state index is 12.0. The van der Waals surface area contributed by atoms with Gasteiger partial charge >= 0.3 is 0 Å². The van der Waals surface area contributed by atoms with Gasteiger partial charge in [0.2, 0.25) is 0 Å². The van der Waals surface area contributed by atoms with Gasteiger partial charge in [0.1, 0.15) is 5.76 Å². The second-order valence-electron chi connectivity index (χ2n) is 6.05. The molecule has 2 aromatic rings. The SMILES string of the molecule is Cc1cc(C(=O)Nc2ccc(CN3CCN(C)CC3)cc2)no1. The summed E-state index contributed by atoms with van der Waals surface area (Å²) in [6.07, 6.45) is 0. The van der Waals surface area contributed by atoms with Crippen LogP contribution in [-0.4, -0.2) is 54.1 Å². The molecule has 122 valence electrons. The van der Waals surface area contributed by atoms with Crippen molar-refractivity contribution in [1.29, 1.82) is 0 Å². The van der Waals surface area contributed by atoms with Gasteiger partial charge in [0, 0.05) is 44.5 Å². The molecule has 0 aliphatic carbocycles. The lowest BCUT2D eigenvalue weighted by Crippen LogP contribution is -2.43. The van der Waals surface area contributed by atoms with E-state index in [0.29, 0.717) is 11.5 Å². The van der Waals surface area contributed by atoms with E-state index in [4.69, 9.17) is 4.52 Å². The Morgan fingerprint density at radius 3 is 2.52 bits per heavy atom. The quantitative estimate of drug-likeness (QED) is 0.935. The van der Waals surface area contributed by atoms with Crippen LogP contribution in [-0.2, 0) is 6.54 Å². The molecule has 3 rings (SSSR count). The summed E-state index contributed by atoms with van der Waals surface area (Å²) in [7, 11) is 2.16. The number of aryl methyl sites for hydroxylation is 1. The predicted molar refractivity (Wildman–Crippen MR) is 88.4 cm³/mol. The van der Waals surface area contributed by atoms with Crippen LogP contribution in [0.15, 0.2) is 34.9 Å². The fourth-order valence-corrected chi connectivity index (χ4v) is 2.63. The first kappa shape index (κ1) is 15.7. The zero-order chi connectivity index (χ0) is 16.2. The van der Waals surface area contributed by atoms with E-state index in [2.05, 4.69) is 39.5 Å². The zero-order valence-corrected chi connectivity index (χ0v) is 13.6. The fourth-order valence-electron chi connectivity index (χ4n) is 2.63. The van der Waals surface area contributed by atoms with Gasteiger partial charge in [-0.1, -0.05) is 17.3 Å². The molecule has 0 spiro atoms. The average molecular weight is 314 g/mol. The average Bonchev–Trinajstić information content (AvgIpc) is 2.98. The standard InChI is InChI=1S/C17H22N4O2/c1-13-11-16(19-23-13)17(22)18-15-5-3-14(4-6-15)12-21-9-7-20(2)8-10-21/h3-6,11H,7-10,12H2,1-2H3,(H,18,22). The first-order valence-corrected chi connectivity index (χ1v) is 7.85. The van der Waals surface area contributed by atoms with Gasteiger partial charge in [0.15, 0.2) is 5.69 Å². The number of amides is 1. The first-order chi connectivity index (χ1) is 11.1. The number of likely N-dealkylation sites (N-methyl/N-ethyl adjacent to an activating group) is 1. The fraction of sp³-hybridized carbons (Fsp3) is 0.412. The molecular formula is C17H22N4O2. The third-order valence-electron chi connectivity index (χ3n) is 4.07. The summed E-state index contributed by atoms with van der Waals surface area (Å²) in [5.74, 6) is 0.367. The molecule has 1 fully saturated rings. The van der Waals surface area contributed by atoms with Gasteiger partial charge < -0.3 is 14.7 Å². The molecule has 0 atom stereocenters. The van der Waals surface area contributed by atoms with Crippen LogP contribution >= 0.6 is 0 Å². The van der Waals surface area contributed by atoms with Gasteiger partial charge in [-0.15, -0.1) is 0 Å². The van der Waals surface area contributed by atoms with Gasteiger partial charge in [0.05, 0.1) is 0 Å². The Hall–Kier alpha value is -2.18. The minimum Gasteiger partial charge on any atom is -0.361 e.